The van der Waals surface area contributed by atoms with Crippen molar-refractivity contribution in [1.29, 1.82) is 0 Å². The lowest BCUT2D eigenvalue weighted by atomic mass is 10.2. The van der Waals surface area contributed by atoms with Crippen LogP contribution in [0.25, 0.3) is 0 Å². The quantitative estimate of drug-likeness (QED) is 0.753. The van der Waals surface area contributed by atoms with Gasteiger partial charge in [-0.3, -0.25) is 4.68 Å². The zero-order valence-corrected chi connectivity index (χ0v) is 8.40. The van der Waals surface area contributed by atoms with Gasteiger partial charge in [-0.25, -0.2) is 0 Å². The number of hydrogen-bond acceptors (Lipinski definition) is 2. The molecule has 0 aliphatic heterocycles. The molecule has 3 nitrogen and oxygen atoms in total. The zero-order valence-electron chi connectivity index (χ0n) is 8.40. The number of aryl methyl sites for hydroxylation is 1. The van der Waals surface area contributed by atoms with Gasteiger partial charge in [-0.1, -0.05) is 6.92 Å². The predicted molar refractivity (Wildman–Crippen MR) is 52.6 cm³/mol. The fourth-order valence-electron chi connectivity index (χ4n) is 1.22. The maximum Gasteiger partial charge on any atom is 0.0521 e. The van der Waals surface area contributed by atoms with Gasteiger partial charge in [0.25, 0.3) is 0 Å². The highest BCUT2D eigenvalue weighted by Gasteiger charge is 2.03. The van der Waals surface area contributed by atoms with Crippen LogP contribution in [0.4, 0.5) is 0 Å². The molecule has 0 aliphatic carbocycles. The summed E-state index contributed by atoms with van der Waals surface area (Å²) in [6, 6.07) is 0.475. The number of rotatable bonds is 5. The molecule has 0 radical (unpaired) electrons. The first kappa shape index (κ1) is 10.3. The van der Waals surface area contributed by atoms with E-state index in [2.05, 4.69) is 25.1 Å². The predicted octanol–water partition coefficient (Wildman–Crippen LogP) is 1.78. The zero-order chi connectivity index (χ0) is 9.68. The fourth-order valence-corrected chi connectivity index (χ4v) is 1.22. The molecule has 0 aromatic carbocycles. The molecule has 13 heavy (non-hydrogen) atoms. The summed E-state index contributed by atoms with van der Waals surface area (Å²) in [5.41, 5.74) is 1.22. The fraction of sp³-hybridized carbons (Fsp3) is 0.700. The summed E-state index contributed by atoms with van der Waals surface area (Å²) in [7, 11) is 0. The SMILES string of the molecule is CC[C@@H](C)n1cc(CCCO)cn1. The van der Waals surface area contributed by atoms with Crippen LogP contribution in [-0.2, 0) is 6.42 Å². The highest BCUT2D eigenvalue weighted by Crippen LogP contribution is 2.10. The van der Waals surface area contributed by atoms with Crippen molar-refractivity contribution in [2.75, 3.05) is 6.61 Å². The van der Waals surface area contributed by atoms with Crippen LogP contribution in [0.15, 0.2) is 12.4 Å². The third-order valence-corrected chi connectivity index (χ3v) is 2.32. The Labute approximate surface area is 79.4 Å². The van der Waals surface area contributed by atoms with Crippen molar-refractivity contribution in [2.24, 2.45) is 0 Å². The van der Waals surface area contributed by atoms with Gasteiger partial charge in [-0.15, -0.1) is 0 Å². The minimum Gasteiger partial charge on any atom is -0.396 e. The molecule has 0 saturated carbocycles. The summed E-state index contributed by atoms with van der Waals surface area (Å²) in [6.07, 6.45) is 6.81. The molecule has 1 aromatic heterocycles. The van der Waals surface area contributed by atoms with Crippen LogP contribution in [0.3, 0.4) is 0 Å². The average molecular weight is 182 g/mol. The molecule has 0 amide bonds. The Morgan fingerprint density at radius 3 is 3.00 bits per heavy atom. The number of aliphatic hydroxyl groups is 1. The van der Waals surface area contributed by atoms with E-state index in [4.69, 9.17) is 5.11 Å². The van der Waals surface area contributed by atoms with E-state index in [1.807, 2.05) is 10.9 Å². The van der Waals surface area contributed by atoms with Crippen LogP contribution in [-0.4, -0.2) is 21.5 Å². The first-order valence-corrected chi connectivity index (χ1v) is 4.91. The third kappa shape index (κ3) is 2.84. The summed E-state index contributed by atoms with van der Waals surface area (Å²) in [4.78, 5) is 0. The van der Waals surface area contributed by atoms with Crippen LogP contribution in [0, 0.1) is 0 Å². The van der Waals surface area contributed by atoms with Gasteiger partial charge in [0, 0.05) is 18.8 Å². The van der Waals surface area contributed by atoms with Crippen molar-refractivity contribution >= 4 is 0 Å². The number of aromatic nitrogens is 2. The van der Waals surface area contributed by atoms with E-state index in [-0.39, 0.29) is 6.61 Å². The molecule has 0 bridgehead atoms. The number of nitrogens with zero attached hydrogens (tertiary/aromatic N) is 2. The molecular weight excluding hydrogens is 164 g/mol. The van der Waals surface area contributed by atoms with Gasteiger partial charge >= 0.3 is 0 Å². The van der Waals surface area contributed by atoms with E-state index in [1.54, 1.807) is 0 Å². The summed E-state index contributed by atoms with van der Waals surface area (Å²) in [5.74, 6) is 0. The molecule has 0 spiro atoms. The first-order valence-electron chi connectivity index (χ1n) is 4.91. The van der Waals surface area contributed by atoms with E-state index >= 15 is 0 Å². The minimum atomic E-state index is 0.258. The molecule has 1 aromatic rings. The summed E-state index contributed by atoms with van der Waals surface area (Å²) >= 11 is 0. The summed E-state index contributed by atoms with van der Waals surface area (Å²) < 4.78 is 1.99. The van der Waals surface area contributed by atoms with Gasteiger partial charge in [-0.05, 0) is 31.7 Å². The standard InChI is InChI=1S/C10H18N2O/c1-3-9(2)12-8-10(7-11-12)5-4-6-13/h7-9,13H,3-6H2,1-2H3/t9-/m1/s1. The van der Waals surface area contributed by atoms with Crippen LogP contribution in [0.2, 0.25) is 0 Å². The van der Waals surface area contributed by atoms with Gasteiger partial charge in [0.05, 0.1) is 6.20 Å². The molecular formula is C10H18N2O. The molecule has 74 valence electrons. The molecule has 0 unspecified atom stereocenters. The molecule has 1 heterocycles. The van der Waals surface area contributed by atoms with Crippen LogP contribution in [0.5, 0.6) is 0 Å². The Hall–Kier alpha value is -0.830. The lowest BCUT2D eigenvalue weighted by Gasteiger charge is -2.07. The second-order valence-corrected chi connectivity index (χ2v) is 3.41. The average Bonchev–Trinajstić information content (AvgIpc) is 2.62. The maximum atomic E-state index is 8.66. The smallest absolute Gasteiger partial charge is 0.0521 e. The van der Waals surface area contributed by atoms with Crippen molar-refractivity contribution in [1.82, 2.24) is 9.78 Å². The third-order valence-electron chi connectivity index (χ3n) is 2.32. The molecule has 1 atom stereocenters. The molecule has 0 fully saturated rings. The van der Waals surface area contributed by atoms with Gasteiger partial charge in [-0.2, -0.15) is 5.10 Å². The normalized spacial score (nSPS) is 13.2. The lowest BCUT2D eigenvalue weighted by molar-refractivity contribution is 0.288. The van der Waals surface area contributed by atoms with E-state index in [1.165, 1.54) is 5.56 Å². The number of aliphatic hydroxyl groups excluding tert-OH is 1. The van der Waals surface area contributed by atoms with Crippen molar-refractivity contribution in [3.8, 4) is 0 Å². The van der Waals surface area contributed by atoms with E-state index < -0.39 is 0 Å². The lowest BCUT2D eigenvalue weighted by Crippen LogP contribution is -2.03. The van der Waals surface area contributed by atoms with Crippen LogP contribution < -0.4 is 0 Å². The largest absolute Gasteiger partial charge is 0.396 e. The Morgan fingerprint density at radius 1 is 1.62 bits per heavy atom. The van der Waals surface area contributed by atoms with E-state index in [0.717, 1.165) is 19.3 Å². The van der Waals surface area contributed by atoms with Gasteiger partial charge in [0.1, 0.15) is 0 Å². The van der Waals surface area contributed by atoms with Gasteiger partial charge in [0.15, 0.2) is 0 Å². The molecule has 0 saturated heterocycles. The number of hydrogen-bond donors (Lipinski definition) is 1. The van der Waals surface area contributed by atoms with E-state index in [9.17, 15) is 0 Å². The van der Waals surface area contributed by atoms with Crippen molar-refractivity contribution in [3.63, 3.8) is 0 Å². The summed E-state index contributed by atoms with van der Waals surface area (Å²) in [6.45, 7) is 4.57. The maximum absolute atomic E-state index is 8.66. The van der Waals surface area contributed by atoms with Crippen molar-refractivity contribution in [3.05, 3.63) is 18.0 Å². The highest BCUT2D eigenvalue weighted by molar-refractivity contribution is 5.04. The highest BCUT2D eigenvalue weighted by atomic mass is 16.2. The van der Waals surface area contributed by atoms with Crippen molar-refractivity contribution < 1.29 is 5.11 Å². The van der Waals surface area contributed by atoms with Crippen LogP contribution >= 0.6 is 0 Å². The Balaban J connectivity index is 2.53. The molecule has 1 rings (SSSR count). The monoisotopic (exact) mass is 182 g/mol. The minimum absolute atomic E-state index is 0.258. The molecule has 1 N–H and O–H groups in total. The Bertz CT molecular complexity index is 245. The Kier molecular flexibility index (Phi) is 3.96. The second kappa shape index (κ2) is 5.02. The molecule has 3 heteroatoms. The summed E-state index contributed by atoms with van der Waals surface area (Å²) in [5, 5.41) is 12.9. The van der Waals surface area contributed by atoms with Crippen LogP contribution in [0.1, 0.15) is 38.3 Å². The topological polar surface area (TPSA) is 38.0 Å². The second-order valence-electron chi connectivity index (χ2n) is 3.41. The Morgan fingerprint density at radius 2 is 2.38 bits per heavy atom. The van der Waals surface area contributed by atoms with Gasteiger partial charge in [0.2, 0.25) is 0 Å². The van der Waals surface area contributed by atoms with E-state index in [0.29, 0.717) is 6.04 Å². The van der Waals surface area contributed by atoms with Gasteiger partial charge < -0.3 is 5.11 Å². The first-order chi connectivity index (χ1) is 6.27. The molecule has 0 aliphatic rings. The van der Waals surface area contributed by atoms with Crippen molar-refractivity contribution in [2.45, 2.75) is 39.2 Å².